The molecule has 342 valence electrons. The lowest BCUT2D eigenvalue weighted by atomic mass is 9.87. The largest absolute Gasteiger partial charge is 0.479 e. The van der Waals surface area contributed by atoms with Crippen LogP contribution in [0.3, 0.4) is 0 Å². The molecule has 0 saturated carbocycles. The molecule has 0 spiro atoms. The first-order valence-electron chi connectivity index (χ1n) is 25.8. The van der Waals surface area contributed by atoms with Crippen molar-refractivity contribution in [1.82, 2.24) is 4.90 Å². The second-order valence-corrected chi connectivity index (χ2v) is 18.3. The van der Waals surface area contributed by atoms with Gasteiger partial charge in [0.15, 0.2) is 5.88 Å². The number of esters is 2. The fourth-order valence-electron chi connectivity index (χ4n) is 8.86. The maximum atomic E-state index is 13.2. The monoisotopic (exact) mass is 818 g/mol. The molecular weight excluding hydrogens is 719 g/mol. The summed E-state index contributed by atoms with van der Waals surface area (Å²) in [5.41, 5.74) is 0. The van der Waals surface area contributed by atoms with E-state index in [1.807, 2.05) is 0 Å². The van der Waals surface area contributed by atoms with Crippen molar-refractivity contribution in [2.45, 2.75) is 278 Å². The Kier molecular flexibility index (Phi) is 36.9. The summed E-state index contributed by atoms with van der Waals surface area (Å²) in [6, 6.07) is 0. The molecule has 1 aliphatic rings. The molecule has 1 aliphatic heterocycles. The lowest BCUT2D eigenvalue weighted by Crippen LogP contribution is -2.22. The minimum Gasteiger partial charge on any atom is -0.479 e. The number of hydrogen-bond acceptors (Lipinski definition) is 6. The Hall–Kier alpha value is -1.72. The Bertz CT molecular complexity index is 858. The molecule has 0 aromatic rings. The smallest absolute Gasteiger partial charge is 0.306 e. The van der Waals surface area contributed by atoms with Crippen LogP contribution in [0, 0.1) is 11.8 Å². The maximum Gasteiger partial charge on any atom is 0.306 e. The summed E-state index contributed by atoms with van der Waals surface area (Å²) in [4.78, 5) is 28.8. The number of carbonyl (C=O) groups excluding carboxylic acids is 2. The average molecular weight is 818 g/mol. The molecule has 2 unspecified atom stereocenters. The number of likely N-dealkylation sites (tertiary alicyclic amines) is 1. The topological polar surface area (TPSA) is 65.1 Å². The zero-order valence-electron chi connectivity index (χ0n) is 39.6. The van der Waals surface area contributed by atoms with Gasteiger partial charge in [0, 0.05) is 25.9 Å². The zero-order valence-corrected chi connectivity index (χ0v) is 39.6. The molecule has 2 atom stereocenters. The van der Waals surface area contributed by atoms with Crippen LogP contribution >= 0.6 is 0 Å². The molecule has 0 radical (unpaired) electrons. The molecule has 0 bridgehead atoms. The van der Waals surface area contributed by atoms with E-state index in [-0.39, 0.29) is 24.1 Å². The number of hydrogen-bond donors (Lipinski definition) is 0. The second kappa shape index (κ2) is 39.4. The van der Waals surface area contributed by atoms with Gasteiger partial charge in [0.25, 0.3) is 0 Å². The van der Waals surface area contributed by atoms with E-state index in [1.165, 1.54) is 128 Å². The van der Waals surface area contributed by atoms with Crippen molar-refractivity contribution in [2.24, 2.45) is 11.8 Å². The fraction of sp³-hybridized carbons (Fsp3) is 0.923. The van der Waals surface area contributed by atoms with Crippen LogP contribution in [-0.4, -0.2) is 48.7 Å². The zero-order chi connectivity index (χ0) is 42.3. The highest BCUT2D eigenvalue weighted by Crippen LogP contribution is 2.34. The molecule has 6 heteroatoms. The van der Waals surface area contributed by atoms with E-state index in [1.54, 1.807) is 0 Å². The first-order chi connectivity index (χ1) is 28.4. The number of unbranched alkanes of at least 4 members (excludes halogenated alkanes) is 21. The quantitative estimate of drug-likeness (QED) is 0.0347. The second-order valence-electron chi connectivity index (χ2n) is 18.3. The van der Waals surface area contributed by atoms with Crippen LogP contribution in [0.1, 0.15) is 266 Å². The molecule has 1 rings (SSSR count). The lowest BCUT2D eigenvalue weighted by molar-refractivity contribution is -0.151. The third kappa shape index (κ3) is 30.3. The van der Waals surface area contributed by atoms with E-state index in [0.717, 1.165) is 109 Å². The molecule has 0 amide bonds. The average Bonchev–Trinajstić information content (AvgIpc) is 3.62. The first-order valence-corrected chi connectivity index (χ1v) is 25.8. The Morgan fingerprint density at radius 2 is 0.776 bits per heavy atom. The van der Waals surface area contributed by atoms with Crippen molar-refractivity contribution >= 4 is 11.9 Å². The minimum absolute atomic E-state index is 0.0140. The molecule has 1 fully saturated rings. The predicted octanol–water partition coefficient (Wildman–Crippen LogP) is 16.0. The molecule has 0 N–H and O–H groups in total. The highest BCUT2D eigenvalue weighted by atomic mass is 16.5. The number of ether oxygens (including phenoxy) is 3. The van der Waals surface area contributed by atoms with Crippen molar-refractivity contribution in [3.8, 4) is 0 Å². The fourth-order valence-corrected chi connectivity index (χ4v) is 8.86. The van der Waals surface area contributed by atoms with Gasteiger partial charge in [-0.3, -0.25) is 9.59 Å². The number of rotatable bonds is 43. The van der Waals surface area contributed by atoms with E-state index in [4.69, 9.17) is 14.2 Å². The van der Waals surface area contributed by atoms with Gasteiger partial charge in [0.05, 0.1) is 6.61 Å². The van der Waals surface area contributed by atoms with Crippen molar-refractivity contribution < 1.29 is 23.8 Å². The maximum absolute atomic E-state index is 13.2. The van der Waals surface area contributed by atoms with Crippen LogP contribution in [0.4, 0.5) is 0 Å². The highest BCUT2D eigenvalue weighted by molar-refractivity contribution is 5.69. The molecular formula is C52H99NO5. The molecule has 0 aromatic heterocycles. The van der Waals surface area contributed by atoms with Gasteiger partial charge in [0.2, 0.25) is 0 Å². The van der Waals surface area contributed by atoms with Crippen LogP contribution in [0.15, 0.2) is 12.5 Å². The highest BCUT2D eigenvalue weighted by Gasteiger charge is 2.33. The first kappa shape index (κ1) is 54.3. The molecule has 58 heavy (non-hydrogen) atoms. The van der Waals surface area contributed by atoms with Crippen molar-refractivity contribution in [3.05, 3.63) is 12.5 Å². The Morgan fingerprint density at radius 1 is 0.466 bits per heavy atom. The van der Waals surface area contributed by atoms with Crippen LogP contribution in [0.5, 0.6) is 0 Å². The van der Waals surface area contributed by atoms with E-state index >= 15 is 0 Å². The SMILES string of the molecule is C=C(OCCCC)N1CC(CCCC(=O)OC(CCCCCCCC)CCCCCCCC)C(CCCC(=O)OC(CCCCCCCC)CCCCCCCC)C1. The lowest BCUT2D eigenvalue weighted by Gasteiger charge is -2.21. The van der Waals surface area contributed by atoms with E-state index < -0.39 is 0 Å². The predicted molar refractivity (Wildman–Crippen MR) is 248 cm³/mol. The normalized spacial score (nSPS) is 15.5. The standard InChI is InChI=1S/C52H99NO5/c1-7-12-17-21-25-29-37-49(38-30-26-22-18-13-8-2)57-51(54)41-33-35-47-44-53(46(6)56-43-16-11-5)45-48(47)36-34-42-52(55)58-50(39-31-27-23-19-14-9-3)40-32-28-24-20-15-10-4/h47-50H,6-45H2,1-5H3. The molecule has 6 nitrogen and oxygen atoms in total. The summed E-state index contributed by atoms with van der Waals surface area (Å²) < 4.78 is 18.4. The van der Waals surface area contributed by atoms with Gasteiger partial charge in [0.1, 0.15) is 12.2 Å². The molecule has 1 heterocycles. The van der Waals surface area contributed by atoms with E-state index in [0.29, 0.717) is 31.3 Å². The van der Waals surface area contributed by atoms with Crippen LogP contribution in [0.25, 0.3) is 0 Å². The van der Waals surface area contributed by atoms with Gasteiger partial charge in [-0.1, -0.05) is 169 Å². The van der Waals surface area contributed by atoms with Gasteiger partial charge in [-0.05, 0) is 102 Å². The Morgan fingerprint density at radius 3 is 1.10 bits per heavy atom. The molecule has 1 saturated heterocycles. The summed E-state index contributed by atoms with van der Waals surface area (Å²) in [5, 5.41) is 0. The van der Waals surface area contributed by atoms with Crippen molar-refractivity contribution in [3.63, 3.8) is 0 Å². The summed E-state index contributed by atoms with van der Waals surface area (Å²) in [6.45, 7) is 18.1. The third-order valence-electron chi connectivity index (χ3n) is 12.7. The van der Waals surface area contributed by atoms with Gasteiger partial charge in [-0.25, -0.2) is 0 Å². The summed E-state index contributed by atoms with van der Waals surface area (Å²) >= 11 is 0. The number of nitrogens with zero attached hydrogens (tertiary/aromatic N) is 1. The van der Waals surface area contributed by atoms with E-state index in [9.17, 15) is 9.59 Å². The minimum atomic E-state index is -0.0140. The Balaban J connectivity index is 2.71. The summed E-state index contributed by atoms with van der Waals surface area (Å²) in [5.74, 6) is 1.65. The van der Waals surface area contributed by atoms with Gasteiger partial charge < -0.3 is 19.1 Å². The van der Waals surface area contributed by atoms with Gasteiger partial charge >= 0.3 is 11.9 Å². The van der Waals surface area contributed by atoms with Crippen molar-refractivity contribution in [2.75, 3.05) is 19.7 Å². The summed E-state index contributed by atoms with van der Waals surface area (Å²) in [7, 11) is 0. The van der Waals surface area contributed by atoms with E-state index in [2.05, 4.69) is 46.1 Å². The third-order valence-corrected chi connectivity index (χ3v) is 12.7. The van der Waals surface area contributed by atoms with Crippen LogP contribution in [-0.2, 0) is 23.8 Å². The Labute approximate surface area is 361 Å². The van der Waals surface area contributed by atoms with Crippen LogP contribution in [0.2, 0.25) is 0 Å². The van der Waals surface area contributed by atoms with Crippen molar-refractivity contribution in [1.29, 1.82) is 0 Å². The molecule has 0 aliphatic carbocycles. The van der Waals surface area contributed by atoms with Crippen LogP contribution < -0.4 is 0 Å². The summed E-state index contributed by atoms with van der Waals surface area (Å²) in [6.07, 6.45) is 41.4. The molecule has 0 aromatic carbocycles. The van der Waals surface area contributed by atoms with Gasteiger partial charge in [-0.2, -0.15) is 0 Å². The van der Waals surface area contributed by atoms with Gasteiger partial charge in [-0.15, -0.1) is 0 Å². The number of carbonyl (C=O) groups is 2.